The fraction of sp³-hybridized carbons (Fsp3) is 0.200. The molecule has 4 nitrogen and oxygen atoms in total. The Kier molecular flexibility index (Phi) is 4.30. The highest BCUT2D eigenvalue weighted by atomic mass is 19.1. The maximum Gasteiger partial charge on any atom is 0.244 e. The average Bonchev–Trinajstić information content (AvgIpc) is 2.85. The average molecular weight is 274 g/mol. The van der Waals surface area contributed by atoms with Crippen molar-refractivity contribution in [1.82, 2.24) is 5.43 Å². The van der Waals surface area contributed by atoms with Crippen LogP contribution in [0.1, 0.15) is 24.0 Å². The van der Waals surface area contributed by atoms with Gasteiger partial charge in [0.05, 0.1) is 6.42 Å². The second-order valence-corrected chi connectivity index (χ2v) is 4.45. The summed E-state index contributed by atoms with van der Waals surface area (Å²) >= 11 is 0. The number of rotatable bonds is 4. The minimum absolute atomic E-state index is 0.147. The van der Waals surface area contributed by atoms with E-state index in [1.807, 2.05) is 13.0 Å². The molecule has 0 bridgehead atoms. The highest BCUT2D eigenvalue weighted by Crippen LogP contribution is 2.07. The number of halogens is 1. The molecule has 0 aliphatic carbocycles. The van der Waals surface area contributed by atoms with Gasteiger partial charge in [-0.2, -0.15) is 5.10 Å². The number of furan rings is 1. The second kappa shape index (κ2) is 6.14. The van der Waals surface area contributed by atoms with Crippen LogP contribution in [0.2, 0.25) is 0 Å². The molecule has 1 amide bonds. The molecule has 0 fully saturated rings. The predicted molar refractivity (Wildman–Crippen MR) is 73.9 cm³/mol. The number of nitrogens with one attached hydrogen (secondary N) is 1. The number of amides is 1. The molecule has 1 heterocycles. The molecular formula is C15H15FN2O2. The summed E-state index contributed by atoms with van der Waals surface area (Å²) in [4.78, 5) is 11.7. The first-order chi connectivity index (χ1) is 9.54. The van der Waals surface area contributed by atoms with Gasteiger partial charge in [0.15, 0.2) is 0 Å². The van der Waals surface area contributed by atoms with Crippen molar-refractivity contribution in [2.75, 3.05) is 0 Å². The van der Waals surface area contributed by atoms with Crippen molar-refractivity contribution in [3.63, 3.8) is 0 Å². The number of nitrogens with zero attached hydrogens (tertiary/aromatic N) is 1. The van der Waals surface area contributed by atoms with Crippen LogP contribution in [0.25, 0.3) is 0 Å². The van der Waals surface area contributed by atoms with Crippen LogP contribution in [-0.2, 0) is 11.2 Å². The molecule has 2 aromatic rings. The van der Waals surface area contributed by atoms with Gasteiger partial charge in [-0.1, -0.05) is 12.1 Å². The summed E-state index contributed by atoms with van der Waals surface area (Å²) in [6, 6.07) is 9.41. The molecule has 0 saturated carbocycles. The van der Waals surface area contributed by atoms with Gasteiger partial charge in [0.2, 0.25) is 5.91 Å². The zero-order chi connectivity index (χ0) is 14.5. The first-order valence-corrected chi connectivity index (χ1v) is 6.19. The number of carbonyl (C=O) groups excluding carboxylic acids is 1. The summed E-state index contributed by atoms with van der Waals surface area (Å²) in [6.07, 6.45) is 0.147. The van der Waals surface area contributed by atoms with Gasteiger partial charge in [-0.05, 0) is 43.7 Å². The van der Waals surface area contributed by atoms with Gasteiger partial charge in [-0.15, -0.1) is 0 Å². The van der Waals surface area contributed by atoms with Gasteiger partial charge in [0, 0.05) is 0 Å². The fourth-order valence-electron chi connectivity index (χ4n) is 1.66. The van der Waals surface area contributed by atoms with Gasteiger partial charge < -0.3 is 4.42 Å². The molecule has 0 radical (unpaired) electrons. The Hall–Kier alpha value is -2.43. The van der Waals surface area contributed by atoms with Crippen LogP contribution >= 0.6 is 0 Å². The predicted octanol–water partition coefficient (Wildman–Crippen LogP) is 2.81. The Balaban J connectivity index is 1.93. The van der Waals surface area contributed by atoms with Crippen molar-refractivity contribution >= 4 is 11.6 Å². The van der Waals surface area contributed by atoms with E-state index in [2.05, 4.69) is 10.5 Å². The number of hydrogen-bond acceptors (Lipinski definition) is 3. The monoisotopic (exact) mass is 274 g/mol. The second-order valence-electron chi connectivity index (χ2n) is 4.45. The van der Waals surface area contributed by atoms with Crippen LogP contribution in [0.15, 0.2) is 45.9 Å². The SMILES string of the molecule is C/C(=N/NC(=O)Cc1ccc(F)cc1)c1ccc(C)o1. The molecule has 0 saturated heterocycles. The van der Waals surface area contributed by atoms with E-state index in [1.54, 1.807) is 25.1 Å². The van der Waals surface area contributed by atoms with Gasteiger partial charge in [0.1, 0.15) is 23.0 Å². The third kappa shape index (κ3) is 3.78. The number of aryl methyl sites for hydroxylation is 1. The van der Waals surface area contributed by atoms with Gasteiger partial charge in [-0.25, -0.2) is 9.82 Å². The molecule has 20 heavy (non-hydrogen) atoms. The summed E-state index contributed by atoms with van der Waals surface area (Å²) in [5.41, 5.74) is 3.76. The molecular weight excluding hydrogens is 259 g/mol. The lowest BCUT2D eigenvalue weighted by atomic mass is 10.1. The number of hydrazone groups is 1. The van der Waals surface area contributed by atoms with Crippen molar-refractivity contribution < 1.29 is 13.6 Å². The third-order valence-electron chi connectivity index (χ3n) is 2.72. The molecule has 2 rings (SSSR count). The lowest BCUT2D eigenvalue weighted by Crippen LogP contribution is -2.21. The maximum absolute atomic E-state index is 12.7. The highest BCUT2D eigenvalue weighted by Gasteiger charge is 2.05. The van der Waals surface area contributed by atoms with E-state index in [4.69, 9.17) is 4.42 Å². The standard InChI is InChI=1S/C15H15FN2O2/c1-10-3-8-14(20-10)11(2)17-18-15(19)9-12-4-6-13(16)7-5-12/h3-8H,9H2,1-2H3,(H,18,19)/b17-11-. The van der Waals surface area contributed by atoms with Gasteiger partial charge in [-0.3, -0.25) is 4.79 Å². The molecule has 1 aromatic carbocycles. The van der Waals surface area contributed by atoms with Crippen LogP contribution in [-0.4, -0.2) is 11.6 Å². The summed E-state index contributed by atoms with van der Waals surface area (Å²) in [5, 5.41) is 3.97. The molecule has 0 aliphatic heterocycles. The molecule has 1 N–H and O–H groups in total. The molecule has 0 atom stereocenters. The molecule has 5 heteroatoms. The van der Waals surface area contributed by atoms with Crippen LogP contribution in [0.4, 0.5) is 4.39 Å². The van der Waals surface area contributed by atoms with E-state index < -0.39 is 0 Å². The molecule has 1 aromatic heterocycles. The van der Waals surface area contributed by atoms with E-state index in [0.717, 1.165) is 11.3 Å². The Bertz CT molecular complexity index is 630. The summed E-state index contributed by atoms with van der Waals surface area (Å²) < 4.78 is 18.1. The fourth-order valence-corrected chi connectivity index (χ4v) is 1.66. The van der Waals surface area contributed by atoms with Crippen LogP contribution in [0.3, 0.4) is 0 Å². The Morgan fingerprint density at radius 2 is 1.95 bits per heavy atom. The minimum Gasteiger partial charge on any atom is -0.460 e. The van der Waals surface area contributed by atoms with E-state index >= 15 is 0 Å². The van der Waals surface area contributed by atoms with E-state index in [9.17, 15) is 9.18 Å². The summed E-state index contributed by atoms with van der Waals surface area (Å²) in [5.74, 6) is 0.812. The Morgan fingerprint density at radius 1 is 1.25 bits per heavy atom. The number of benzene rings is 1. The highest BCUT2D eigenvalue weighted by molar-refractivity contribution is 5.96. The quantitative estimate of drug-likeness (QED) is 0.688. The normalized spacial score (nSPS) is 11.4. The van der Waals surface area contributed by atoms with Crippen LogP contribution in [0.5, 0.6) is 0 Å². The van der Waals surface area contributed by atoms with Crippen LogP contribution in [0, 0.1) is 12.7 Å². The van der Waals surface area contributed by atoms with Crippen molar-refractivity contribution in [3.8, 4) is 0 Å². The molecule has 0 unspecified atom stereocenters. The molecule has 0 aliphatic rings. The third-order valence-corrected chi connectivity index (χ3v) is 2.72. The Labute approximate surface area is 116 Å². The molecule has 104 valence electrons. The summed E-state index contributed by atoms with van der Waals surface area (Å²) in [7, 11) is 0. The summed E-state index contributed by atoms with van der Waals surface area (Å²) in [6.45, 7) is 3.58. The number of hydrogen-bond donors (Lipinski definition) is 1. The first kappa shape index (κ1) is 14.0. The topological polar surface area (TPSA) is 54.6 Å². The van der Waals surface area contributed by atoms with Crippen molar-refractivity contribution in [2.45, 2.75) is 20.3 Å². The van der Waals surface area contributed by atoms with Crippen molar-refractivity contribution in [2.24, 2.45) is 5.10 Å². The minimum atomic E-state index is -0.323. The van der Waals surface area contributed by atoms with Gasteiger partial charge >= 0.3 is 0 Å². The lowest BCUT2D eigenvalue weighted by Gasteiger charge is -2.01. The number of carbonyl (C=O) groups is 1. The van der Waals surface area contributed by atoms with Crippen molar-refractivity contribution in [1.29, 1.82) is 0 Å². The van der Waals surface area contributed by atoms with Crippen LogP contribution < -0.4 is 5.43 Å². The largest absolute Gasteiger partial charge is 0.460 e. The van der Waals surface area contributed by atoms with Crippen molar-refractivity contribution in [3.05, 3.63) is 59.3 Å². The first-order valence-electron chi connectivity index (χ1n) is 6.19. The van der Waals surface area contributed by atoms with E-state index in [1.165, 1.54) is 12.1 Å². The Morgan fingerprint density at radius 3 is 2.55 bits per heavy atom. The lowest BCUT2D eigenvalue weighted by molar-refractivity contribution is -0.120. The van der Waals surface area contributed by atoms with E-state index in [0.29, 0.717) is 11.5 Å². The zero-order valence-electron chi connectivity index (χ0n) is 11.3. The maximum atomic E-state index is 12.7. The van der Waals surface area contributed by atoms with E-state index in [-0.39, 0.29) is 18.1 Å². The van der Waals surface area contributed by atoms with Gasteiger partial charge in [0.25, 0.3) is 0 Å². The smallest absolute Gasteiger partial charge is 0.244 e. The zero-order valence-corrected chi connectivity index (χ0v) is 11.3. The molecule has 0 spiro atoms.